The smallest absolute Gasteiger partial charge is 0.270 e. The van der Waals surface area contributed by atoms with E-state index in [1.54, 1.807) is 4.90 Å². The molecule has 2 rings (SSSR count). The zero-order valence-electron chi connectivity index (χ0n) is 13.2. The lowest BCUT2D eigenvalue weighted by molar-refractivity contribution is 0.0671. The lowest BCUT2D eigenvalue weighted by Crippen LogP contribution is -2.38. The molecular weight excluding hydrogens is 268 g/mol. The number of rotatable bonds is 4. The van der Waals surface area contributed by atoms with Gasteiger partial charge in [-0.05, 0) is 38.2 Å². The van der Waals surface area contributed by atoms with E-state index in [-0.39, 0.29) is 30.3 Å². The number of aliphatic hydroxyl groups excluding tert-OH is 1. The third-order valence-corrected chi connectivity index (χ3v) is 4.22. The van der Waals surface area contributed by atoms with Crippen LogP contribution in [0.4, 0.5) is 0 Å². The molecule has 1 aromatic rings. The monoisotopic (exact) mass is 292 g/mol. The molecule has 0 spiro atoms. The van der Waals surface area contributed by atoms with Crippen LogP contribution in [0.25, 0.3) is 0 Å². The predicted octanol–water partition coefficient (Wildman–Crippen LogP) is 2.25. The van der Waals surface area contributed by atoms with Crippen LogP contribution >= 0.6 is 0 Å². The van der Waals surface area contributed by atoms with E-state index in [1.165, 1.54) is 6.92 Å². The first-order chi connectivity index (χ1) is 9.88. The lowest BCUT2D eigenvalue weighted by Gasteiger charge is -2.23. The molecule has 1 aliphatic heterocycles. The molecule has 5 heteroatoms. The first-order valence-corrected chi connectivity index (χ1v) is 7.53. The Morgan fingerprint density at radius 3 is 2.62 bits per heavy atom. The zero-order valence-corrected chi connectivity index (χ0v) is 13.2. The lowest BCUT2D eigenvalue weighted by atomic mass is 9.95. The van der Waals surface area contributed by atoms with Crippen LogP contribution in [0, 0.1) is 6.92 Å². The van der Waals surface area contributed by atoms with E-state index in [0.29, 0.717) is 17.8 Å². The summed E-state index contributed by atoms with van der Waals surface area (Å²) < 4.78 is 0. The van der Waals surface area contributed by atoms with Gasteiger partial charge >= 0.3 is 0 Å². The van der Waals surface area contributed by atoms with Crippen molar-refractivity contribution in [3.8, 4) is 0 Å². The van der Waals surface area contributed by atoms with E-state index in [4.69, 9.17) is 0 Å². The minimum atomic E-state index is -0.109. The van der Waals surface area contributed by atoms with Crippen LogP contribution in [-0.4, -0.2) is 45.9 Å². The third-order valence-electron chi connectivity index (χ3n) is 4.22. The van der Waals surface area contributed by atoms with Crippen molar-refractivity contribution in [2.24, 2.45) is 0 Å². The van der Waals surface area contributed by atoms with Crippen molar-refractivity contribution in [3.63, 3.8) is 0 Å². The topological polar surface area (TPSA) is 73.4 Å². The van der Waals surface area contributed by atoms with E-state index in [2.05, 4.69) is 4.98 Å². The second-order valence-corrected chi connectivity index (χ2v) is 6.10. The number of Topliss-reactive ketones (excluding diaryl/α,β-unsaturated/α-hetero) is 1. The maximum atomic E-state index is 12.8. The molecule has 1 aromatic heterocycles. The first-order valence-electron chi connectivity index (χ1n) is 7.53. The van der Waals surface area contributed by atoms with Gasteiger partial charge in [-0.2, -0.15) is 0 Å². The van der Waals surface area contributed by atoms with E-state index in [0.717, 1.165) is 24.1 Å². The minimum Gasteiger partial charge on any atom is -0.394 e. The molecule has 1 fully saturated rings. The van der Waals surface area contributed by atoms with E-state index in [9.17, 15) is 14.7 Å². The summed E-state index contributed by atoms with van der Waals surface area (Å²) in [6.07, 6.45) is 1.74. The molecule has 0 bridgehead atoms. The summed E-state index contributed by atoms with van der Waals surface area (Å²) >= 11 is 0. The van der Waals surface area contributed by atoms with Crippen molar-refractivity contribution in [2.45, 2.75) is 52.5 Å². The van der Waals surface area contributed by atoms with Crippen LogP contribution < -0.4 is 0 Å². The number of amides is 1. The van der Waals surface area contributed by atoms with Crippen molar-refractivity contribution in [3.05, 3.63) is 22.5 Å². The fraction of sp³-hybridized carbons (Fsp3) is 0.625. The summed E-state index contributed by atoms with van der Waals surface area (Å²) in [7, 11) is 0. The molecule has 116 valence electrons. The van der Waals surface area contributed by atoms with Crippen LogP contribution in [0.15, 0.2) is 0 Å². The maximum Gasteiger partial charge on any atom is 0.270 e. The fourth-order valence-electron chi connectivity index (χ4n) is 3.28. The average Bonchev–Trinajstić information content (AvgIpc) is 3.01. The van der Waals surface area contributed by atoms with Crippen LogP contribution in [-0.2, 0) is 0 Å². The molecule has 2 N–H and O–H groups in total. The Kier molecular flexibility index (Phi) is 4.52. The molecule has 0 aromatic carbocycles. The number of hydrogen-bond donors (Lipinski definition) is 2. The first kappa shape index (κ1) is 15.8. The summed E-state index contributed by atoms with van der Waals surface area (Å²) in [5.41, 5.74) is 2.68. The Labute approximate surface area is 125 Å². The summed E-state index contributed by atoms with van der Waals surface area (Å²) in [5, 5.41) is 9.40. The molecule has 2 heterocycles. The molecule has 5 nitrogen and oxygen atoms in total. The highest BCUT2D eigenvalue weighted by Gasteiger charge is 2.33. The van der Waals surface area contributed by atoms with Crippen LogP contribution in [0.1, 0.15) is 71.6 Å². The van der Waals surface area contributed by atoms with Gasteiger partial charge in [0.25, 0.3) is 5.91 Å². The molecule has 0 unspecified atom stereocenters. The van der Waals surface area contributed by atoms with Gasteiger partial charge in [-0.15, -0.1) is 0 Å². The number of aliphatic hydroxyl groups is 1. The van der Waals surface area contributed by atoms with Gasteiger partial charge < -0.3 is 15.0 Å². The van der Waals surface area contributed by atoms with Crippen molar-refractivity contribution in [1.29, 1.82) is 0 Å². The van der Waals surface area contributed by atoms with E-state index in [1.807, 2.05) is 20.8 Å². The Morgan fingerprint density at radius 2 is 2.10 bits per heavy atom. The van der Waals surface area contributed by atoms with Gasteiger partial charge in [0.05, 0.1) is 12.6 Å². The Hall–Kier alpha value is -1.62. The highest BCUT2D eigenvalue weighted by Crippen LogP contribution is 2.30. The minimum absolute atomic E-state index is 0.0119. The highest BCUT2D eigenvalue weighted by molar-refractivity contribution is 6.03. The number of likely N-dealkylation sites (tertiary alicyclic amines) is 1. The summed E-state index contributed by atoms with van der Waals surface area (Å²) in [6.45, 7) is 7.98. The van der Waals surface area contributed by atoms with E-state index >= 15 is 0 Å². The summed E-state index contributed by atoms with van der Waals surface area (Å²) in [6, 6.07) is -0.109. The van der Waals surface area contributed by atoms with Gasteiger partial charge in [0.1, 0.15) is 5.69 Å². The van der Waals surface area contributed by atoms with E-state index < -0.39 is 0 Å². The SMILES string of the molecule is CC(=O)c1c(C)[nH]c(C(=O)N2CCC[C@@H]2CO)c1C(C)C. The predicted molar refractivity (Wildman–Crippen MR) is 80.8 cm³/mol. The van der Waals surface area contributed by atoms with Gasteiger partial charge in [-0.25, -0.2) is 0 Å². The third kappa shape index (κ3) is 2.75. The van der Waals surface area contributed by atoms with Crippen LogP contribution in [0.2, 0.25) is 0 Å². The van der Waals surface area contributed by atoms with Crippen LogP contribution in [0.3, 0.4) is 0 Å². The average molecular weight is 292 g/mol. The molecule has 1 atom stereocenters. The number of aromatic nitrogens is 1. The van der Waals surface area contributed by atoms with Gasteiger partial charge in [0.2, 0.25) is 0 Å². The number of nitrogens with one attached hydrogen (secondary N) is 1. The molecule has 1 aliphatic rings. The Balaban J connectivity index is 2.46. The number of H-pyrrole nitrogens is 1. The zero-order chi connectivity index (χ0) is 15.7. The molecule has 0 radical (unpaired) electrons. The number of carbonyl (C=O) groups excluding carboxylic acids is 2. The maximum absolute atomic E-state index is 12.8. The van der Waals surface area contributed by atoms with Crippen LogP contribution in [0.5, 0.6) is 0 Å². The quantitative estimate of drug-likeness (QED) is 0.836. The normalized spacial score (nSPS) is 18.6. The number of aryl methyl sites for hydroxylation is 1. The molecule has 21 heavy (non-hydrogen) atoms. The molecule has 1 saturated heterocycles. The largest absolute Gasteiger partial charge is 0.394 e. The Morgan fingerprint density at radius 1 is 1.43 bits per heavy atom. The number of nitrogens with zero attached hydrogens (tertiary/aromatic N) is 1. The number of hydrogen-bond acceptors (Lipinski definition) is 3. The van der Waals surface area contributed by atoms with Gasteiger partial charge in [-0.1, -0.05) is 13.8 Å². The van der Waals surface area contributed by atoms with Crippen molar-refractivity contribution >= 4 is 11.7 Å². The van der Waals surface area contributed by atoms with Crippen molar-refractivity contribution in [2.75, 3.05) is 13.2 Å². The molecule has 0 aliphatic carbocycles. The summed E-state index contributed by atoms with van der Waals surface area (Å²) in [5.74, 6) is -0.0412. The Bertz CT molecular complexity index is 560. The standard InChI is InChI=1S/C16H24N2O3/c1-9(2)13-14(11(4)20)10(3)17-15(13)16(21)18-7-5-6-12(18)8-19/h9,12,17,19H,5-8H2,1-4H3/t12-/m1/s1. The molecule has 1 amide bonds. The second-order valence-electron chi connectivity index (χ2n) is 6.10. The number of aromatic amines is 1. The highest BCUT2D eigenvalue weighted by atomic mass is 16.3. The molecular formula is C16H24N2O3. The number of carbonyl (C=O) groups is 2. The van der Waals surface area contributed by atoms with Crippen molar-refractivity contribution in [1.82, 2.24) is 9.88 Å². The second kappa shape index (κ2) is 6.02. The van der Waals surface area contributed by atoms with Gasteiger partial charge in [0, 0.05) is 17.8 Å². The van der Waals surface area contributed by atoms with Gasteiger partial charge in [-0.3, -0.25) is 9.59 Å². The van der Waals surface area contributed by atoms with Gasteiger partial charge in [0.15, 0.2) is 5.78 Å². The fourth-order valence-corrected chi connectivity index (χ4v) is 3.28. The molecule has 0 saturated carbocycles. The van der Waals surface area contributed by atoms with Crippen molar-refractivity contribution < 1.29 is 14.7 Å². The summed E-state index contributed by atoms with van der Waals surface area (Å²) in [4.78, 5) is 29.5. The number of ketones is 1.